The maximum absolute atomic E-state index is 13.5. The van der Waals surface area contributed by atoms with Crippen LogP contribution in [0.25, 0.3) is 0 Å². The highest BCUT2D eigenvalue weighted by atomic mass is 19.4. The molecule has 13 heteroatoms. The van der Waals surface area contributed by atoms with Gasteiger partial charge < -0.3 is 19.1 Å². The number of hydrogen-bond donors (Lipinski definition) is 1. The number of amides is 2. The fraction of sp³-hybridized carbons (Fsp3) is 0.538. The topological polar surface area (TPSA) is 106 Å². The van der Waals surface area contributed by atoms with E-state index in [0.29, 0.717) is 25.3 Å². The summed E-state index contributed by atoms with van der Waals surface area (Å²) in [6, 6.07) is 5.56. The van der Waals surface area contributed by atoms with E-state index in [4.69, 9.17) is 14.2 Å². The van der Waals surface area contributed by atoms with Crippen LogP contribution in [-0.2, 0) is 9.47 Å². The largest absolute Gasteiger partial charge is 0.475 e. The van der Waals surface area contributed by atoms with Crippen LogP contribution in [0.4, 0.5) is 35.2 Å². The molecule has 3 aliphatic rings. The lowest BCUT2D eigenvalue weighted by molar-refractivity contribution is -0.168. The van der Waals surface area contributed by atoms with Crippen molar-refractivity contribution in [1.82, 2.24) is 9.97 Å². The van der Waals surface area contributed by atoms with Gasteiger partial charge in [-0.2, -0.15) is 13.2 Å². The Morgan fingerprint density at radius 1 is 1.23 bits per heavy atom. The molecule has 2 bridgehead atoms. The van der Waals surface area contributed by atoms with Crippen LogP contribution >= 0.6 is 0 Å². The number of rotatable bonds is 7. The number of Topliss-reactive ketones (excluding diaryl/α,β-unsaturated/α-hetero) is 1. The van der Waals surface area contributed by atoms with Gasteiger partial charge in [-0.25, -0.2) is 14.8 Å². The Labute approximate surface area is 223 Å². The van der Waals surface area contributed by atoms with Crippen molar-refractivity contribution in [2.45, 2.75) is 57.7 Å². The lowest BCUT2D eigenvalue weighted by Gasteiger charge is -2.37. The summed E-state index contributed by atoms with van der Waals surface area (Å²) in [5.41, 5.74) is 1.34. The molecule has 1 aromatic carbocycles. The maximum Gasteiger partial charge on any atom is 0.391 e. The average Bonchev–Trinajstić information content (AvgIpc) is 3.45. The van der Waals surface area contributed by atoms with Gasteiger partial charge in [0.15, 0.2) is 11.6 Å². The van der Waals surface area contributed by atoms with E-state index in [1.807, 2.05) is 13.8 Å². The van der Waals surface area contributed by atoms with Gasteiger partial charge in [-0.05, 0) is 38.5 Å². The molecule has 2 fully saturated rings. The van der Waals surface area contributed by atoms with Crippen molar-refractivity contribution < 1.29 is 37.0 Å². The first-order valence-electron chi connectivity index (χ1n) is 12.8. The van der Waals surface area contributed by atoms with E-state index in [0.717, 1.165) is 19.2 Å². The van der Waals surface area contributed by atoms with E-state index in [2.05, 4.69) is 20.2 Å². The van der Waals surface area contributed by atoms with Gasteiger partial charge in [0.25, 0.3) is 0 Å². The number of anilines is 3. The van der Waals surface area contributed by atoms with Gasteiger partial charge >= 0.3 is 12.2 Å². The SMILES string of the molecule is C[C@@H](CC(=O)c1ccc2c(c1)N(C(=O)Nc1cc(OC[C@@H]3COC(C)(C)O3)ncn1)[C@H]1CCN2C1)C(F)(F)F. The Morgan fingerprint density at radius 2 is 2.03 bits per heavy atom. The number of benzene rings is 1. The summed E-state index contributed by atoms with van der Waals surface area (Å²) in [6.45, 7) is 6.52. The number of ketones is 1. The van der Waals surface area contributed by atoms with Crippen LogP contribution in [0.5, 0.6) is 5.88 Å². The van der Waals surface area contributed by atoms with Crippen LogP contribution in [0.1, 0.15) is 44.0 Å². The molecule has 0 aliphatic carbocycles. The highest BCUT2D eigenvalue weighted by Gasteiger charge is 2.41. The molecule has 5 rings (SSSR count). The number of ether oxygens (including phenoxy) is 3. The minimum absolute atomic E-state index is 0.129. The monoisotopic (exact) mass is 549 g/mol. The molecule has 0 unspecified atom stereocenters. The molecule has 0 saturated carbocycles. The molecule has 3 aliphatic heterocycles. The highest BCUT2D eigenvalue weighted by Crippen LogP contribution is 2.41. The molecule has 1 N–H and O–H groups in total. The zero-order valence-electron chi connectivity index (χ0n) is 21.8. The third-order valence-corrected chi connectivity index (χ3v) is 7.06. The van der Waals surface area contributed by atoms with Crippen molar-refractivity contribution in [3.8, 4) is 5.88 Å². The molecule has 1 aromatic heterocycles. The molecular formula is C26H30F3N5O5. The van der Waals surface area contributed by atoms with E-state index in [1.54, 1.807) is 11.0 Å². The molecule has 4 heterocycles. The first-order valence-corrected chi connectivity index (χ1v) is 12.8. The average molecular weight is 550 g/mol. The number of hydrogen-bond acceptors (Lipinski definition) is 8. The van der Waals surface area contributed by atoms with Gasteiger partial charge in [-0.3, -0.25) is 15.0 Å². The Kier molecular flexibility index (Phi) is 7.14. The number of nitrogens with zero attached hydrogens (tertiary/aromatic N) is 4. The first-order chi connectivity index (χ1) is 18.4. The fourth-order valence-electron chi connectivity index (χ4n) is 4.99. The van der Waals surface area contributed by atoms with Gasteiger partial charge in [-0.15, -0.1) is 0 Å². The summed E-state index contributed by atoms with van der Waals surface area (Å²) < 4.78 is 56.0. The molecule has 3 atom stereocenters. The number of carbonyl (C=O) groups excluding carboxylic acids is 2. The van der Waals surface area contributed by atoms with Crippen molar-refractivity contribution in [1.29, 1.82) is 0 Å². The summed E-state index contributed by atoms with van der Waals surface area (Å²) in [7, 11) is 0. The Balaban J connectivity index is 1.31. The maximum atomic E-state index is 13.5. The quantitative estimate of drug-likeness (QED) is 0.507. The van der Waals surface area contributed by atoms with Gasteiger partial charge in [0.05, 0.1) is 29.9 Å². The normalized spacial score (nSPS) is 22.4. The predicted molar refractivity (Wildman–Crippen MR) is 135 cm³/mol. The smallest absolute Gasteiger partial charge is 0.391 e. The van der Waals surface area contributed by atoms with Crippen LogP contribution < -0.4 is 19.9 Å². The number of aromatic nitrogens is 2. The van der Waals surface area contributed by atoms with Crippen LogP contribution in [0.15, 0.2) is 30.6 Å². The van der Waals surface area contributed by atoms with E-state index in [9.17, 15) is 22.8 Å². The van der Waals surface area contributed by atoms with Crippen molar-refractivity contribution in [3.05, 3.63) is 36.2 Å². The molecule has 2 saturated heterocycles. The summed E-state index contributed by atoms with van der Waals surface area (Å²) in [5, 5.41) is 2.77. The van der Waals surface area contributed by atoms with Gasteiger partial charge in [0.1, 0.15) is 24.9 Å². The second kappa shape index (κ2) is 10.3. The number of carbonyl (C=O) groups is 2. The summed E-state index contributed by atoms with van der Waals surface area (Å²) >= 11 is 0. The summed E-state index contributed by atoms with van der Waals surface area (Å²) in [4.78, 5) is 38.0. The number of halogens is 3. The standard InChI is InChI=1S/C26H30F3N5O5/c1-15(26(27,28)29)8-21(35)16-4-5-19-20(9-16)34(17-6-7-33(19)11-17)24(36)32-22-10-23(31-14-30-22)37-12-18-13-38-25(2,3)39-18/h4-5,9-10,14-15,17-18H,6-8,11-13H2,1-3H3,(H,30,31,32,36)/t15-,17-,18+/m0/s1. The minimum Gasteiger partial charge on any atom is -0.475 e. The Bertz CT molecular complexity index is 1260. The zero-order valence-corrected chi connectivity index (χ0v) is 21.8. The molecule has 0 radical (unpaired) electrons. The van der Waals surface area contributed by atoms with Crippen molar-refractivity contribution >= 4 is 29.0 Å². The second-order valence-electron chi connectivity index (χ2n) is 10.5. The third kappa shape index (κ3) is 5.93. The lowest BCUT2D eigenvalue weighted by atomic mass is 9.97. The summed E-state index contributed by atoms with van der Waals surface area (Å²) in [6.07, 6.45) is -3.43. The number of alkyl halides is 3. The van der Waals surface area contributed by atoms with Crippen molar-refractivity contribution in [2.75, 3.05) is 41.4 Å². The van der Waals surface area contributed by atoms with Crippen LogP contribution in [0.3, 0.4) is 0 Å². The fourth-order valence-corrected chi connectivity index (χ4v) is 4.99. The molecular weight excluding hydrogens is 519 g/mol. The zero-order chi connectivity index (χ0) is 27.9. The van der Waals surface area contributed by atoms with Crippen LogP contribution in [0.2, 0.25) is 0 Å². The Hall–Kier alpha value is -3.45. The van der Waals surface area contributed by atoms with E-state index >= 15 is 0 Å². The van der Waals surface area contributed by atoms with E-state index in [-0.39, 0.29) is 36.0 Å². The summed E-state index contributed by atoms with van der Waals surface area (Å²) in [5.74, 6) is -2.63. The third-order valence-electron chi connectivity index (χ3n) is 7.06. The van der Waals surface area contributed by atoms with Crippen LogP contribution in [-0.4, -0.2) is 72.2 Å². The van der Waals surface area contributed by atoms with Crippen LogP contribution in [0, 0.1) is 5.92 Å². The number of fused-ring (bicyclic) bond motifs is 4. The molecule has 10 nitrogen and oxygen atoms in total. The molecule has 2 amide bonds. The van der Waals surface area contributed by atoms with Gasteiger partial charge in [0, 0.05) is 31.1 Å². The first kappa shape index (κ1) is 27.1. The van der Waals surface area contributed by atoms with Gasteiger partial charge in [-0.1, -0.05) is 6.92 Å². The number of urea groups is 1. The highest BCUT2D eigenvalue weighted by molar-refractivity contribution is 6.07. The predicted octanol–water partition coefficient (Wildman–Crippen LogP) is 4.41. The van der Waals surface area contributed by atoms with Gasteiger partial charge in [0.2, 0.25) is 5.88 Å². The van der Waals surface area contributed by atoms with E-state index < -0.39 is 36.1 Å². The molecule has 210 valence electrons. The lowest BCUT2D eigenvalue weighted by Crippen LogP contribution is -2.48. The minimum atomic E-state index is -4.46. The Morgan fingerprint density at radius 3 is 2.74 bits per heavy atom. The number of nitrogens with one attached hydrogen (secondary N) is 1. The van der Waals surface area contributed by atoms with Crippen molar-refractivity contribution in [2.24, 2.45) is 5.92 Å². The second-order valence-corrected chi connectivity index (χ2v) is 10.5. The molecule has 0 spiro atoms. The van der Waals surface area contributed by atoms with E-state index in [1.165, 1.54) is 24.5 Å². The molecule has 39 heavy (non-hydrogen) atoms. The molecule has 2 aromatic rings. The van der Waals surface area contributed by atoms with Crippen molar-refractivity contribution in [3.63, 3.8) is 0 Å².